The number of nitrogens with one attached hydrogen (secondary N) is 2. The molecule has 1 amide bonds. The van der Waals surface area contributed by atoms with Crippen LogP contribution in [0, 0.1) is 11.6 Å². The van der Waals surface area contributed by atoms with Gasteiger partial charge in [-0.2, -0.15) is 13.2 Å². The van der Waals surface area contributed by atoms with Gasteiger partial charge in [-0.05, 0) is 37.1 Å². The van der Waals surface area contributed by atoms with E-state index in [1.165, 1.54) is 0 Å². The van der Waals surface area contributed by atoms with Crippen LogP contribution in [0.2, 0.25) is 0 Å². The third-order valence-electron chi connectivity index (χ3n) is 6.75. The Hall–Kier alpha value is -3.34. The molecular formula is C24H23F5N4O2. The van der Waals surface area contributed by atoms with Crippen molar-refractivity contribution in [1.29, 1.82) is 0 Å². The van der Waals surface area contributed by atoms with E-state index in [0.717, 1.165) is 32.9 Å². The fourth-order valence-corrected chi connectivity index (χ4v) is 5.16. The number of anilines is 1. The lowest BCUT2D eigenvalue weighted by atomic mass is 9.88. The number of rotatable bonds is 4. The van der Waals surface area contributed by atoms with Gasteiger partial charge < -0.3 is 20.3 Å². The van der Waals surface area contributed by atoms with Gasteiger partial charge in [0, 0.05) is 47.0 Å². The van der Waals surface area contributed by atoms with E-state index in [1.807, 2.05) is 12.1 Å². The molecule has 3 aromatic rings. The molecule has 2 atom stereocenters. The lowest BCUT2D eigenvalue weighted by molar-refractivity contribution is -0.155. The number of aromatic nitrogens is 1. The minimum absolute atomic E-state index is 0.0990. The number of benzene rings is 2. The molecule has 1 fully saturated rings. The summed E-state index contributed by atoms with van der Waals surface area (Å²) < 4.78 is 71.5. The van der Waals surface area contributed by atoms with Crippen molar-refractivity contribution in [2.45, 2.75) is 37.6 Å². The first-order valence-corrected chi connectivity index (χ1v) is 11.2. The van der Waals surface area contributed by atoms with E-state index in [2.05, 4.69) is 10.3 Å². The lowest BCUT2D eigenvalue weighted by Gasteiger charge is -2.41. The van der Waals surface area contributed by atoms with Crippen LogP contribution in [0.15, 0.2) is 36.4 Å². The molecule has 1 saturated heterocycles. The second kappa shape index (κ2) is 8.40. The molecule has 6 nitrogen and oxygen atoms in total. The van der Waals surface area contributed by atoms with Crippen LogP contribution in [0.5, 0.6) is 0 Å². The first-order valence-electron chi connectivity index (χ1n) is 11.2. The normalized spacial score (nSPS) is 21.1. The lowest BCUT2D eigenvalue weighted by Crippen LogP contribution is -2.56. The zero-order valence-electron chi connectivity index (χ0n) is 18.7. The largest absolute Gasteiger partial charge is 0.465 e. The van der Waals surface area contributed by atoms with Gasteiger partial charge in [0.2, 0.25) is 0 Å². The minimum atomic E-state index is -4.56. The Balaban J connectivity index is 1.55. The van der Waals surface area contributed by atoms with E-state index in [9.17, 15) is 18.0 Å². The summed E-state index contributed by atoms with van der Waals surface area (Å²) in [5.74, 6) is -1.95. The summed E-state index contributed by atoms with van der Waals surface area (Å²) in [6, 6.07) is 7.08. The van der Waals surface area contributed by atoms with E-state index in [0.29, 0.717) is 17.6 Å². The first kappa shape index (κ1) is 23.4. The fraction of sp³-hybridized carbons (Fsp3) is 0.375. The van der Waals surface area contributed by atoms with Gasteiger partial charge >= 0.3 is 12.3 Å². The smallest absolute Gasteiger partial charge is 0.407 e. The highest BCUT2D eigenvalue weighted by atomic mass is 19.4. The molecular weight excluding hydrogens is 471 g/mol. The van der Waals surface area contributed by atoms with Crippen molar-refractivity contribution in [2.24, 2.45) is 0 Å². The Labute approximate surface area is 197 Å². The van der Waals surface area contributed by atoms with Crippen LogP contribution in [0.4, 0.5) is 32.4 Å². The number of carbonyl (C=O) groups is 1. The maximum absolute atomic E-state index is 15.4. The summed E-state index contributed by atoms with van der Waals surface area (Å²) in [7, 11) is 0. The monoisotopic (exact) mass is 494 g/mol. The quantitative estimate of drug-likeness (QED) is 0.441. The van der Waals surface area contributed by atoms with Crippen LogP contribution in [0.3, 0.4) is 0 Å². The molecule has 3 N–H and O–H groups in total. The third kappa shape index (κ3) is 4.29. The average Bonchev–Trinajstić information content (AvgIpc) is 3.09. The van der Waals surface area contributed by atoms with Crippen molar-refractivity contribution in [3.63, 3.8) is 0 Å². The topological polar surface area (TPSA) is 71.6 Å². The van der Waals surface area contributed by atoms with E-state index in [1.54, 1.807) is 19.1 Å². The number of H-pyrrole nitrogens is 1. The molecule has 2 aliphatic heterocycles. The number of aromatic amines is 1. The van der Waals surface area contributed by atoms with Gasteiger partial charge in [0.15, 0.2) is 0 Å². The van der Waals surface area contributed by atoms with Gasteiger partial charge in [-0.15, -0.1) is 0 Å². The summed E-state index contributed by atoms with van der Waals surface area (Å²) in [4.78, 5) is 16.3. The Bertz CT molecular complexity index is 1260. The second-order valence-electron chi connectivity index (χ2n) is 9.19. The molecule has 0 spiro atoms. The Morgan fingerprint density at radius 1 is 1.17 bits per heavy atom. The molecule has 2 aromatic carbocycles. The van der Waals surface area contributed by atoms with Crippen LogP contribution in [0.25, 0.3) is 10.9 Å². The molecule has 2 aliphatic rings. The maximum atomic E-state index is 15.4. The number of halogens is 5. The van der Waals surface area contributed by atoms with Crippen molar-refractivity contribution >= 4 is 22.7 Å². The highest BCUT2D eigenvalue weighted by Crippen LogP contribution is 2.44. The Morgan fingerprint density at radius 2 is 1.83 bits per heavy atom. The number of carboxylic acid groups (broad SMARTS) is 1. The van der Waals surface area contributed by atoms with Gasteiger partial charge in [-0.25, -0.2) is 13.6 Å². The summed E-state index contributed by atoms with van der Waals surface area (Å²) in [5, 5.41) is 12.6. The van der Waals surface area contributed by atoms with Crippen LogP contribution in [0.1, 0.15) is 29.8 Å². The number of alkyl halides is 3. The number of amides is 1. The van der Waals surface area contributed by atoms with E-state index in [-0.39, 0.29) is 24.8 Å². The van der Waals surface area contributed by atoms with Crippen molar-refractivity contribution in [3.05, 3.63) is 64.9 Å². The van der Waals surface area contributed by atoms with E-state index in [4.69, 9.17) is 5.11 Å². The van der Waals surface area contributed by atoms with Crippen LogP contribution in [-0.2, 0) is 6.42 Å². The van der Waals surface area contributed by atoms with Gasteiger partial charge in [0.1, 0.15) is 11.6 Å². The molecule has 0 aliphatic carbocycles. The van der Waals surface area contributed by atoms with Crippen LogP contribution < -0.4 is 5.32 Å². The van der Waals surface area contributed by atoms with Gasteiger partial charge in [0.05, 0.1) is 18.6 Å². The molecule has 186 valence electrons. The SMILES string of the molecule is C[C@@H]1Cc2c([nH]c3ccccc23)[C@@H](c2c(F)cc(NC3CN(C(=O)O)C3)cc2F)N1CC(F)(F)F. The Kier molecular flexibility index (Phi) is 5.62. The zero-order valence-corrected chi connectivity index (χ0v) is 18.7. The van der Waals surface area contributed by atoms with Gasteiger partial charge in [-0.1, -0.05) is 18.2 Å². The molecule has 0 radical (unpaired) electrons. The standard InChI is InChI=1S/C24H23F5N4O2/c1-12-6-16-15-4-2-3-5-19(15)31-21(16)22(33(12)11-24(27,28)29)20-17(25)7-13(8-18(20)26)30-14-9-32(10-14)23(34)35/h2-5,7-8,12,14,22,30-31H,6,9-11H2,1H3,(H,34,35)/t12-,22-/m1/s1. The Morgan fingerprint density at radius 3 is 2.46 bits per heavy atom. The number of hydrogen-bond donors (Lipinski definition) is 3. The zero-order chi connectivity index (χ0) is 25.1. The minimum Gasteiger partial charge on any atom is -0.465 e. The maximum Gasteiger partial charge on any atom is 0.407 e. The number of para-hydroxylation sites is 1. The predicted octanol–water partition coefficient (Wildman–Crippen LogP) is 5.12. The second-order valence-corrected chi connectivity index (χ2v) is 9.19. The summed E-state index contributed by atoms with van der Waals surface area (Å²) in [5.41, 5.74) is 1.43. The summed E-state index contributed by atoms with van der Waals surface area (Å²) in [6.07, 6.45) is -5.34. The van der Waals surface area contributed by atoms with Crippen molar-refractivity contribution < 1.29 is 31.9 Å². The van der Waals surface area contributed by atoms with Crippen LogP contribution in [-0.4, -0.2) is 63.9 Å². The molecule has 0 unspecified atom stereocenters. The van der Waals surface area contributed by atoms with Crippen molar-refractivity contribution in [2.75, 3.05) is 25.0 Å². The number of likely N-dealkylation sites (tertiary alicyclic amines) is 1. The average molecular weight is 494 g/mol. The van der Waals surface area contributed by atoms with Crippen molar-refractivity contribution in [1.82, 2.24) is 14.8 Å². The number of nitrogens with zero attached hydrogens (tertiary/aromatic N) is 2. The predicted molar refractivity (Wildman–Crippen MR) is 119 cm³/mol. The summed E-state index contributed by atoms with van der Waals surface area (Å²) in [6.45, 7) is 0.635. The molecule has 0 bridgehead atoms. The highest BCUT2D eigenvalue weighted by molar-refractivity contribution is 5.85. The molecule has 35 heavy (non-hydrogen) atoms. The molecule has 0 saturated carbocycles. The molecule has 1 aromatic heterocycles. The van der Waals surface area contributed by atoms with E-state index < -0.39 is 48.1 Å². The van der Waals surface area contributed by atoms with Gasteiger partial charge in [-0.3, -0.25) is 4.90 Å². The summed E-state index contributed by atoms with van der Waals surface area (Å²) >= 11 is 0. The molecule has 5 rings (SSSR count). The third-order valence-corrected chi connectivity index (χ3v) is 6.75. The van der Waals surface area contributed by atoms with Crippen molar-refractivity contribution in [3.8, 4) is 0 Å². The highest BCUT2D eigenvalue weighted by Gasteiger charge is 2.44. The van der Waals surface area contributed by atoms with E-state index >= 15 is 8.78 Å². The van der Waals surface area contributed by atoms with Gasteiger partial charge in [0.25, 0.3) is 0 Å². The first-order chi connectivity index (χ1) is 16.5. The molecule has 11 heteroatoms. The number of hydrogen-bond acceptors (Lipinski definition) is 3. The molecule has 3 heterocycles. The van der Waals surface area contributed by atoms with Crippen LogP contribution >= 0.6 is 0 Å². The number of fused-ring (bicyclic) bond motifs is 3. The fourth-order valence-electron chi connectivity index (χ4n) is 5.16.